The van der Waals surface area contributed by atoms with Gasteiger partial charge in [0.2, 0.25) is 0 Å². The molecule has 0 bridgehead atoms. The first kappa shape index (κ1) is 23.3. The van der Waals surface area contributed by atoms with Gasteiger partial charge < -0.3 is 25.0 Å². The number of rotatable bonds is 4. The normalized spacial score (nSPS) is 28.6. The summed E-state index contributed by atoms with van der Waals surface area (Å²) in [5, 5.41) is 7.04. The molecule has 2 N–H and O–H groups in total. The van der Waals surface area contributed by atoms with Crippen LogP contribution in [0.5, 0.6) is 0 Å². The molecule has 8 heteroatoms. The second-order valence-corrected chi connectivity index (χ2v) is 7.73. The average molecular weight is 482 g/mol. The van der Waals surface area contributed by atoms with Gasteiger partial charge in [0.15, 0.2) is 5.96 Å². The van der Waals surface area contributed by atoms with E-state index in [0.29, 0.717) is 31.8 Å². The number of guanidine groups is 1. The lowest BCUT2D eigenvalue weighted by molar-refractivity contribution is -0.176. The van der Waals surface area contributed by atoms with Crippen LogP contribution >= 0.6 is 24.0 Å². The van der Waals surface area contributed by atoms with Gasteiger partial charge in [0.25, 0.3) is 0 Å². The number of halogens is 1. The van der Waals surface area contributed by atoms with Crippen molar-refractivity contribution in [3.8, 4) is 0 Å². The molecule has 2 atom stereocenters. The maximum Gasteiger partial charge on any atom is 0.409 e. The molecular weight excluding hydrogens is 447 g/mol. The third kappa shape index (κ3) is 4.74. The van der Waals surface area contributed by atoms with Crippen molar-refractivity contribution in [2.24, 2.45) is 10.4 Å². The van der Waals surface area contributed by atoms with Crippen LogP contribution in [0.15, 0.2) is 4.99 Å². The van der Waals surface area contributed by atoms with Crippen molar-refractivity contribution in [3.63, 3.8) is 0 Å². The molecule has 2 fully saturated rings. The molecule has 0 aromatic heterocycles. The van der Waals surface area contributed by atoms with Gasteiger partial charge >= 0.3 is 6.09 Å². The molecule has 0 aromatic carbocycles. The van der Waals surface area contributed by atoms with Gasteiger partial charge in [0, 0.05) is 44.7 Å². The lowest BCUT2D eigenvalue weighted by Crippen LogP contribution is -2.69. The van der Waals surface area contributed by atoms with Gasteiger partial charge in [-0.15, -0.1) is 24.0 Å². The van der Waals surface area contributed by atoms with Crippen LogP contribution in [-0.2, 0) is 9.47 Å². The minimum Gasteiger partial charge on any atom is -0.450 e. The van der Waals surface area contributed by atoms with E-state index < -0.39 is 0 Å². The lowest BCUT2D eigenvalue weighted by atomic mass is 9.56. The Kier molecular flexibility index (Phi) is 8.44. The number of nitrogens with zero attached hydrogens (tertiary/aromatic N) is 2. The highest BCUT2D eigenvalue weighted by molar-refractivity contribution is 14.0. The van der Waals surface area contributed by atoms with Crippen molar-refractivity contribution < 1.29 is 14.3 Å². The van der Waals surface area contributed by atoms with E-state index in [4.69, 9.17) is 9.47 Å². The van der Waals surface area contributed by atoms with Gasteiger partial charge in [-0.2, -0.15) is 0 Å². The topological polar surface area (TPSA) is 75.2 Å². The quantitative estimate of drug-likeness (QED) is 0.366. The first-order valence-corrected chi connectivity index (χ1v) is 9.24. The molecule has 1 aliphatic carbocycles. The Labute approximate surface area is 174 Å². The second-order valence-electron chi connectivity index (χ2n) is 7.73. The molecule has 0 radical (unpaired) electrons. The van der Waals surface area contributed by atoms with E-state index in [0.717, 1.165) is 25.2 Å². The van der Waals surface area contributed by atoms with E-state index >= 15 is 0 Å². The van der Waals surface area contributed by atoms with Crippen molar-refractivity contribution in [2.75, 3.05) is 33.9 Å². The summed E-state index contributed by atoms with van der Waals surface area (Å²) in [7, 11) is 3.58. The van der Waals surface area contributed by atoms with Crippen molar-refractivity contribution in [3.05, 3.63) is 0 Å². The number of hydrogen-bond acceptors (Lipinski definition) is 4. The Hall–Kier alpha value is -0.770. The first-order chi connectivity index (χ1) is 11.8. The van der Waals surface area contributed by atoms with Gasteiger partial charge in [0.05, 0.1) is 12.2 Å². The van der Waals surface area contributed by atoms with E-state index in [1.54, 1.807) is 19.1 Å². The van der Waals surface area contributed by atoms with Crippen LogP contribution in [0.1, 0.15) is 47.0 Å². The van der Waals surface area contributed by atoms with Gasteiger partial charge in [-0.25, -0.2) is 4.79 Å². The lowest BCUT2D eigenvalue weighted by Gasteiger charge is -2.59. The largest absolute Gasteiger partial charge is 0.450 e. The molecule has 2 unspecified atom stereocenters. The van der Waals surface area contributed by atoms with Gasteiger partial charge in [-0.1, -0.05) is 13.8 Å². The zero-order chi connectivity index (χ0) is 18.7. The maximum atomic E-state index is 11.8. The summed E-state index contributed by atoms with van der Waals surface area (Å²) in [6, 6.07) is 0.636. The highest BCUT2D eigenvalue weighted by Gasteiger charge is 2.58. The predicted molar refractivity (Wildman–Crippen MR) is 114 cm³/mol. The number of amides is 1. The second kappa shape index (κ2) is 9.43. The fourth-order valence-electron chi connectivity index (χ4n) is 3.67. The monoisotopic (exact) mass is 482 g/mol. The smallest absolute Gasteiger partial charge is 0.409 e. The zero-order valence-corrected chi connectivity index (χ0v) is 19.3. The van der Waals surface area contributed by atoms with Gasteiger partial charge in [-0.3, -0.25) is 4.99 Å². The number of carbonyl (C=O) groups is 1. The summed E-state index contributed by atoms with van der Waals surface area (Å²) in [5.74, 6) is 0.825. The van der Waals surface area contributed by atoms with Crippen LogP contribution in [0.25, 0.3) is 0 Å². The van der Waals surface area contributed by atoms with Crippen LogP contribution in [0, 0.1) is 5.41 Å². The number of nitrogens with one attached hydrogen (secondary N) is 2. The molecule has 26 heavy (non-hydrogen) atoms. The van der Waals surface area contributed by atoms with E-state index in [2.05, 4.69) is 36.4 Å². The number of methoxy groups -OCH3 is 1. The number of piperidine rings is 1. The molecule has 1 amide bonds. The number of ether oxygens (including phenoxy) is 2. The van der Waals surface area contributed by atoms with Gasteiger partial charge in [-0.05, 0) is 33.1 Å². The summed E-state index contributed by atoms with van der Waals surface area (Å²) in [5.41, 5.74) is -0.0683. The zero-order valence-electron chi connectivity index (χ0n) is 16.9. The average Bonchev–Trinajstić information content (AvgIpc) is 2.60. The highest BCUT2D eigenvalue weighted by Crippen LogP contribution is 2.51. The predicted octanol–water partition coefficient (Wildman–Crippen LogP) is 2.59. The Morgan fingerprint density at radius 1 is 1.23 bits per heavy atom. The number of likely N-dealkylation sites (tertiary alicyclic amines) is 1. The molecule has 7 nitrogen and oxygen atoms in total. The Morgan fingerprint density at radius 3 is 2.31 bits per heavy atom. The first-order valence-electron chi connectivity index (χ1n) is 9.24. The molecule has 1 saturated carbocycles. The molecule has 2 aliphatic rings. The molecule has 2 rings (SSSR count). The van der Waals surface area contributed by atoms with Crippen molar-refractivity contribution in [2.45, 2.75) is 64.6 Å². The summed E-state index contributed by atoms with van der Waals surface area (Å²) in [6.07, 6.45) is 2.53. The van der Waals surface area contributed by atoms with E-state index in [-0.39, 0.29) is 41.1 Å². The molecule has 152 valence electrons. The number of aliphatic imine (C=N–C) groups is 1. The minimum absolute atomic E-state index is 0. The summed E-state index contributed by atoms with van der Waals surface area (Å²) in [4.78, 5) is 17.9. The van der Waals surface area contributed by atoms with Crippen LogP contribution in [0.3, 0.4) is 0 Å². The van der Waals surface area contributed by atoms with E-state index in [1.165, 1.54) is 0 Å². The Balaban J connectivity index is 0.00000338. The van der Waals surface area contributed by atoms with Gasteiger partial charge in [0.1, 0.15) is 0 Å². The summed E-state index contributed by atoms with van der Waals surface area (Å²) < 4.78 is 10.8. The standard InChI is InChI=1S/C18H34N4O3.HI/c1-7-25-16(23)22-10-8-13(9-11-22)20-15(19-5)21-14-12-18(4,24-6)17(14,2)3;/h13-14H,7-12H2,1-6H3,(H2,19,20,21);1H. The van der Waals surface area contributed by atoms with Crippen LogP contribution in [0.2, 0.25) is 0 Å². The molecule has 1 aliphatic heterocycles. The maximum absolute atomic E-state index is 11.8. The number of carbonyl (C=O) groups excluding carboxylic acids is 1. The Morgan fingerprint density at radius 2 is 1.85 bits per heavy atom. The molecular formula is C18H35IN4O3. The summed E-state index contributed by atoms with van der Waals surface area (Å²) in [6.45, 7) is 10.3. The van der Waals surface area contributed by atoms with Crippen LogP contribution < -0.4 is 10.6 Å². The molecule has 0 aromatic rings. The highest BCUT2D eigenvalue weighted by atomic mass is 127. The van der Waals surface area contributed by atoms with Crippen LogP contribution in [-0.4, -0.2) is 68.5 Å². The fourth-order valence-corrected chi connectivity index (χ4v) is 3.67. The minimum atomic E-state index is -0.210. The molecule has 1 saturated heterocycles. The van der Waals surface area contributed by atoms with Crippen molar-refractivity contribution in [1.29, 1.82) is 0 Å². The third-order valence-electron chi connectivity index (χ3n) is 6.17. The van der Waals surface area contributed by atoms with Crippen molar-refractivity contribution in [1.82, 2.24) is 15.5 Å². The van der Waals surface area contributed by atoms with E-state index in [9.17, 15) is 4.79 Å². The fraction of sp³-hybridized carbons (Fsp3) is 0.889. The Bertz CT molecular complexity index is 507. The van der Waals surface area contributed by atoms with E-state index in [1.807, 2.05) is 6.92 Å². The molecule has 0 spiro atoms. The third-order valence-corrected chi connectivity index (χ3v) is 6.17. The number of hydrogen-bond donors (Lipinski definition) is 2. The summed E-state index contributed by atoms with van der Waals surface area (Å²) >= 11 is 0. The van der Waals surface area contributed by atoms with Crippen molar-refractivity contribution >= 4 is 36.0 Å². The SMILES string of the molecule is CCOC(=O)N1CCC(NC(=NC)NC2CC(C)(OC)C2(C)C)CC1.I. The van der Waals surface area contributed by atoms with Crippen LogP contribution in [0.4, 0.5) is 4.79 Å². The molecule has 1 heterocycles.